The molecular formula is C27H36N2O3S. The van der Waals surface area contributed by atoms with Crippen LogP contribution in [-0.2, 0) is 4.74 Å². The third-order valence-electron chi connectivity index (χ3n) is 7.70. The SMILES string of the molecule is COc1cc(C2CCN(C3CCOCC3)CC2)ccc1-c1cc(C)c(C(=O)N2CCCC2)s1. The average molecular weight is 469 g/mol. The van der Waals surface area contributed by atoms with Gasteiger partial charge in [-0.3, -0.25) is 4.79 Å². The number of likely N-dealkylation sites (tertiary alicyclic amines) is 2. The van der Waals surface area contributed by atoms with Gasteiger partial charge in [0, 0.05) is 42.8 Å². The van der Waals surface area contributed by atoms with Gasteiger partial charge in [0.15, 0.2) is 0 Å². The van der Waals surface area contributed by atoms with Gasteiger partial charge in [-0.05, 0) is 93.8 Å². The summed E-state index contributed by atoms with van der Waals surface area (Å²) in [5.74, 6) is 1.69. The number of piperidine rings is 1. The van der Waals surface area contributed by atoms with Gasteiger partial charge in [0.2, 0.25) is 0 Å². The van der Waals surface area contributed by atoms with Gasteiger partial charge in [0.25, 0.3) is 5.91 Å². The minimum Gasteiger partial charge on any atom is -0.496 e. The van der Waals surface area contributed by atoms with Gasteiger partial charge < -0.3 is 19.3 Å². The van der Waals surface area contributed by atoms with E-state index in [9.17, 15) is 4.79 Å². The van der Waals surface area contributed by atoms with Crippen molar-refractivity contribution in [2.45, 2.75) is 57.4 Å². The number of benzene rings is 1. The molecule has 4 heterocycles. The highest BCUT2D eigenvalue weighted by atomic mass is 32.1. The van der Waals surface area contributed by atoms with Gasteiger partial charge in [-0.25, -0.2) is 0 Å². The number of ether oxygens (including phenoxy) is 2. The predicted octanol–water partition coefficient (Wildman–Crippen LogP) is 5.33. The number of thiophene rings is 1. The molecule has 6 heteroatoms. The average Bonchev–Trinajstić information content (AvgIpc) is 3.54. The van der Waals surface area contributed by atoms with E-state index >= 15 is 0 Å². The smallest absolute Gasteiger partial charge is 0.264 e. The summed E-state index contributed by atoms with van der Waals surface area (Å²) in [6.45, 7) is 7.99. The number of amides is 1. The van der Waals surface area contributed by atoms with Gasteiger partial charge in [0.1, 0.15) is 5.75 Å². The van der Waals surface area contributed by atoms with Crippen LogP contribution in [0.2, 0.25) is 0 Å². The summed E-state index contributed by atoms with van der Waals surface area (Å²) in [5, 5.41) is 0. The van der Waals surface area contributed by atoms with Crippen molar-refractivity contribution in [2.24, 2.45) is 0 Å². The summed E-state index contributed by atoms with van der Waals surface area (Å²) in [6.07, 6.45) is 6.99. The standard InChI is InChI=1S/C27H36N2O3S/c1-19-17-25(33-26(19)27(30)29-11-3-4-12-29)23-6-5-21(18-24(23)31-2)20-7-13-28(14-8-20)22-9-15-32-16-10-22/h5-6,17-18,20,22H,3-4,7-16H2,1-2H3. The Bertz CT molecular complexity index is 968. The largest absolute Gasteiger partial charge is 0.496 e. The molecule has 3 aliphatic heterocycles. The lowest BCUT2D eigenvalue weighted by Gasteiger charge is -2.39. The second-order valence-corrected chi connectivity index (χ2v) is 10.8. The zero-order chi connectivity index (χ0) is 22.8. The van der Waals surface area contributed by atoms with Crippen molar-refractivity contribution in [3.05, 3.63) is 40.3 Å². The van der Waals surface area contributed by atoms with E-state index in [1.165, 1.54) is 44.3 Å². The van der Waals surface area contributed by atoms with Crippen molar-refractivity contribution in [1.82, 2.24) is 9.80 Å². The molecule has 2 aromatic rings. The lowest BCUT2D eigenvalue weighted by Crippen LogP contribution is -2.43. The van der Waals surface area contributed by atoms with Gasteiger partial charge in [0.05, 0.1) is 12.0 Å². The van der Waals surface area contributed by atoms with Crippen LogP contribution in [0.3, 0.4) is 0 Å². The maximum absolute atomic E-state index is 13.0. The number of aryl methyl sites for hydroxylation is 1. The lowest BCUT2D eigenvalue weighted by molar-refractivity contribution is 0.0252. The summed E-state index contributed by atoms with van der Waals surface area (Å²) in [5.41, 5.74) is 3.54. The third kappa shape index (κ3) is 4.84. The fraction of sp³-hybridized carbons (Fsp3) is 0.593. The fourth-order valence-electron chi connectivity index (χ4n) is 5.70. The lowest BCUT2D eigenvalue weighted by atomic mass is 9.87. The van der Waals surface area contributed by atoms with E-state index < -0.39 is 0 Å². The Morgan fingerprint density at radius 3 is 2.45 bits per heavy atom. The van der Waals surface area contributed by atoms with Gasteiger partial charge in [-0.15, -0.1) is 11.3 Å². The molecule has 0 atom stereocenters. The van der Waals surface area contributed by atoms with Crippen LogP contribution in [-0.4, -0.2) is 68.3 Å². The predicted molar refractivity (Wildman–Crippen MR) is 134 cm³/mol. The van der Waals surface area contributed by atoms with Crippen LogP contribution >= 0.6 is 11.3 Å². The Kier molecular flexibility index (Phi) is 7.05. The Morgan fingerprint density at radius 2 is 1.76 bits per heavy atom. The Hall–Kier alpha value is -1.89. The van der Waals surface area contributed by atoms with Crippen LogP contribution in [0.15, 0.2) is 24.3 Å². The molecule has 0 bridgehead atoms. The van der Waals surface area contributed by atoms with E-state index in [0.717, 1.165) is 65.8 Å². The number of methoxy groups -OCH3 is 1. The van der Waals surface area contributed by atoms with E-state index in [-0.39, 0.29) is 5.91 Å². The number of carbonyl (C=O) groups excluding carboxylic acids is 1. The van der Waals surface area contributed by atoms with Crippen molar-refractivity contribution >= 4 is 17.2 Å². The second kappa shape index (κ2) is 10.2. The summed E-state index contributed by atoms with van der Waals surface area (Å²) < 4.78 is 11.4. The molecule has 33 heavy (non-hydrogen) atoms. The summed E-state index contributed by atoms with van der Waals surface area (Å²) >= 11 is 1.61. The van der Waals surface area contributed by atoms with E-state index in [1.807, 2.05) is 4.90 Å². The summed E-state index contributed by atoms with van der Waals surface area (Å²) in [4.78, 5) is 19.6. The second-order valence-electron chi connectivity index (χ2n) is 9.74. The van der Waals surface area contributed by atoms with Crippen molar-refractivity contribution in [3.8, 4) is 16.2 Å². The molecule has 5 rings (SSSR count). The first kappa shape index (κ1) is 22.9. The molecule has 0 radical (unpaired) electrons. The topological polar surface area (TPSA) is 42.0 Å². The molecule has 5 nitrogen and oxygen atoms in total. The van der Waals surface area contributed by atoms with Crippen LogP contribution in [0.4, 0.5) is 0 Å². The number of hydrogen-bond acceptors (Lipinski definition) is 5. The highest BCUT2D eigenvalue weighted by Crippen LogP contribution is 2.40. The monoisotopic (exact) mass is 468 g/mol. The van der Waals surface area contributed by atoms with Gasteiger partial charge >= 0.3 is 0 Å². The zero-order valence-electron chi connectivity index (χ0n) is 20.0. The first-order chi connectivity index (χ1) is 16.1. The van der Waals surface area contributed by atoms with Gasteiger partial charge in [-0.2, -0.15) is 0 Å². The van der Waals surface area contributed by atoms with Crippen molar-refractivity contribution in [2.75, 3.05) is 46.5 Å². The molecule has 0 unspecified atom stereocenters. The molecule has 1 aromatic carbocycles. The number of hydrogen-bond donors (Lipinski definition) is 0. The van der Waals surface area contributed by atoms with Crippen LogP contribution < -0.4 is 4.74 Å². The first-order valence-electron chi connectivity index (χ1n) is 12.5. The van der Waals surface area contributed by atoms with Crippen molar-refractivity contribution in [3.63, 3.8) is 0 Å². The fourth-order valence-corrected chi connectivity index (χ4v) is 6.88. The number of nitrogens with zero attached hydrogens (tertiary/aromatic N) is 2. The molecule has 0 saturated carbocycles. The summed E-state index contributed by atoms with van der Waals surface area (Å²) in [6, 6.07) is 9.58. The molecule has 3 aliphatic rings. The molecular weight excluding hydrogens is 432 g/mol. The van der Waals surface area contributed by atoms with Gasteiger partial charge in [-0.1, -0.05) is 6.07 Å². The highest BCUT2D eigenvalue weighted by molar-refractivity contribution is 7.17. The number of rotatable bonds is 5. The Balaban J connectivity index is 1.30. The van der Waals surface area contributed by atoms with Crippen LogP contribution in [0.5, 0.6) is 5.75 Å². The Labute approximate surface area is 201 Å². The van der Waals surface area contributed by atoms with Crippen LogP contribution in [0.25, 0.3) is 10.4 Å². The van der Waals surface area contributed by atoms with Crippen LogP contribution in [0.1, 0.15) is 65.2 Å². The molecule has 1 amide bonds. The van der Waals surface area contributed by atoms with E-state index in [2.05, 4.69) is 36.1 Å². The third-order valence-corrected chi connectivity index (χ3v) is 8.96. The molecule has 0 spiro atoms. The molecule has 1 aromatic heterocycles. The normalized spacial score (nSPS) is 21.0. The van der Waals surface area contributed by atoms with Crippen molar-refractivity contribution < 1.29 is 14.3 Å². The maximum atomic E-state index is 13.0. The minimum absolute atomic E-state index is 0.188. The van der Waals surface area contributed by atoms with Crippen LogP contribution in [0, 0.1) is 6.92 Å². The maximum Gasteiger partial charge on any atom is 0.264 e. The zero-order valence-corrected chi connectivity index (χ0v) is 20.8. The van der Waals surface area contributed by atoms with E-state index in [0.29, 0.717) is 12.0 Å². The molecule has 0 N–H and O–H groups in total. The first-order valence-corrected chi connectivity index (χ1v) is 13.4. The molecule has 0 aliphatic carbocycles. The molecule has 3 fully saturated rings. The minimum atomic E-state index is 0.188. The van der Waals surface area contributed by atoms with E-state index in [4.69, 9.17) is 9.47 Å². The molecule has 178 valence electrons. The van der Waals surface area contributed by atoms with E-state index in [1.54, 1.807) is 18.4 Å². The van der Waals surface area contributed by atoms with Crippen molar-refractivity contribution in [1.29, 1.82) is 0 Å². The Morgan fingerprint density at radius 1 is 1.03 bits per heavy atom. The summed E-state index contributed by atoms with van der Waals surface area (Å²) in [7, 11) is 1.76. The number of carbonyl (C=O) groups is 1. The highest BCUT2D eigenvalue weighted by Gasteiger charge is 2.28. The quantitative estimate of drug-likeness (QED) is 0.595. The molecule has 3 saturated heterocycles.